The average molecular weight is 354 g/mol. The largest absolute Gasteiger partial charge is 0.480 e. The monoisotopic (exact) mass is 352 g/mol. The third kappa shape index (κ3) is 3.52. The van der Waals surface area contributed by atoms with E-state index in [-0.39, 0.29) is 28.7 Å². The summed E-state index contributed by atoms with van der Waals surface area (Å²) in [6, 6.07) is 1.01. The summed E-state index contributed by atoms with van der Waals surface area (Å²) < 4.78 is 0. The molecule has 6 nitrogen and oxygen atoms in total. The van der Waals surface area contributed by atoms with Crippen LogP contribution in [0.5, 0.6) is 0 Å². The molecule has 2 amide bonds. The molecule has 21 heavy (non-hydrogen) atoms. The SMILES string of the molecule is O=C(O)[C@@H]1C[C@H](O)CN1C(=O)Nc1c(Cl)cc(Cl)cc1Cl. The molecule has 0 radical (unpaired) electrons. The topological polar surface area (TPSA) is 89.9 Å². The molecule has 1 aromatic carbocycles. The van der Waals surface area contributed by atoms with E-state index in [4.69, 9.17) is 39.9 Å². The number of carboxylic acids is 1. The number of hydrogen-bond donors (Lipinski definition) is 3. The Kier molecular flexibility index (Phi) is 4.83. The van der Waals surface area contributed by atoms with Crippen LogP contribution < -0.4 is 5.32 Å². The van der Waals surface area contributed by atoms with Crippen molar-refractivity contribution in [3.05, 3.63) is 27.2 Å². The van der Waals surface area contributed by atoms with Crippen LogP contribution in [0.25, 0.3) is 0 Å². The van der Waals surface area contributed by atoms with Crippen molar-refractivity contribution in [2.45, 2.75) is 18.6 Å². The molecule has 1 aliphatic heterocycles. The van der Waals surface area contributed by atoms with Gasteiger partial charge in [0.05, 0.1) is 21.8 Å². The zero-order valence-electron chi connectivity index (χ0n) is 10.5. The molecule has 2 rings (SSSR count). The fourth-order valence-corrected chi connectivity index (χ4v) is 3.02. The molecular weight excluding hydrogens is 343 g/mol. The van der Waals surface area contributed by atoms with Gasteiger partial charge in [-0.2, -0.15) is 0 Å². The van der Waals surface area contributed by atoms with E-state index in [9.17, 15) is 14.7 Å². The zero-order chi connectivity index (χ0) is 15.7. The summed E-state index contributed by atoms with van der Waals surface area (Å²) in [5, 5.41) is 21.6. The highest BCUT2D eigenvalue weighted by Crippen LogP contribution is 2.34. The molecule has 0 aliphatic carbocycles. The lowest BCUT2D eigenvalue weighted by Crippen LogP contribution is -2.43. The number of likely N-dealkylation sites (tertiary alicyclic amines) is 1. The van der Waals surface area contributed by atoms with Gasteiger partial charge in [0.15, 0.2) is 0 Å². The van der Waals surface area contributed by atoms with E-state index >= 15 is 0 Å². The number of aliphatic hydroxyl groups is 1. The number of aliphatic hydroxyl groups excluding tert-OH is 1. The van der Waals surface area contributed by atoms with Crippen LogP contribution in [0, 0.1) is 0 Å². The minimum atomic E-state index is -1.19. The van der Waals surface area contributed by atoms with Gasteiger partial charge in [-0.05, 0) is 12.1 Å². The molecule has 0 unspecified atom stereocenters. The van der Waals surface area contributed by atoms with Gasteiger partial charge in [-0.15, -0.1) is 0 Å². The van der Waals surface area contributed by atoms with Crippen molar-refractivity contribution < 1.29 is 19.8 Å². The first-order valence-corrected chi connectivity index (χ1v) is 7.06. The molecule has 1 saturated heterocycles. The number of carbonyl (C=O) groups is 2. The van der Waals surface area contributed by atoms with Gasteiger partial charge in [-0.3, -0.25) is 0 Å². The number of rotatable bonds is 2. The molecule has 0 aromatic heterocycles. The van der Waals surface area contributed by atoms with E-state index in [1.807, 2.05) is 0 Å². The average Bonchev–Trinajstić information content (AvgIpc) is 2.76. The Hall–Kier alpha value is -1.21. The van der Waals surface area contributed by atoms with Gasteiger partial charge < -0.3 is 20.4 Å². The van der Waals surface area contributed by atoms with Gasteiger partial charge in [-0.25, -0.2) is 9.59 Å². The number of anilines is 1. The number of urea groups is 1. The number of benzene rings is 1. The molecule has 1 heterocycles. The van der Waals surface area contributed by atoms with E-state index in [2.05, 4.69) is 5.32 Å². The number of carboxylic acid groups (broad SMARTS) is 1. The Balaban J connectivity index is 2.20. The second-order valence-electron chi connectivity index (χ2n) is 4.57. The Morgan fingerprint density at radius 3 is 2.33 bits per heavy atom. The van der Waals surface area contributed by atoms with Crippen molar-refractivity contribution in [1.29, 1.82) is 0 Å². The Bertz CT molecular complexity index is 573. The summed E-state index contributed by atoms with van der Waals surface area (Å²) in [7, 11) is 0. The molecular formula is C12H11Cl3N2O4. The molecule has 2 atom stereocenters. The molecule has 1 aromatic rings. The molecule has 0 saturated carbocycles. The van der Waals surface area contributed by atoms with E-state index in [0.717, 1.165) is 4.90 Å². The third-order valence-corrected chi connectivity index (χ3v) is 3.88. The van der Waals surface area contributed by atoms with E-state index < -0.39 is 24.1 Å². The summed E-state index contributed by atoms with van der Waals surface area (Å²) in [5.41, 5.74) is 0.137. The Labute approximate surface area is 135 Å². The minimum absolute atomic E-state index is 0.0230. The van der Waals surface area contributed by atoms with Crippen molar-refractivity contribution in [2.24, 2.45) is 0 Å². The van der Waals surface area contributed by atoms with Crippen LogP contribution in [0.3, 0.4) is 0 Å². The van der Waals surface area contributed by atoms with Crippen molar-refractivity contribution in [2.75, 3.05) is 11.9 Å². The smallest absolute Gasteiger partial charge is 0.326 e. The van der Waals surface area contributed by atoms with Crippen LogP contribution in [0.1, 0.15) is 6.42 Å². The fourth-order valence-electron chi connectivity index (χ4n) is 2.11. The standard InChI is InChI=1S/C12H11Cl3N2O4/c13-5-1-7(14)10(8(15)2-5)16-12(21)17-4-6(18)3-9(17)11(19)20/h1-2,6,9,18H,3-4H2,(H,16,21)(H,19,20)/t6-,9-/m0/s1. The molecule has 3 N–H and O–H groups in total. The van der Waals surface area contributed by atoms with Gasteiger partial charge in [-0.1, -0.05) is 34.8 Å². The predicted molar refractivity (Wildman–Crippen MR) is 79.2 cm³/mol. The second-order valence-corrected chi connectivity index (χ2v) is 5.82. The maximum absolute atomic E-state index is 12.2. The number of halogens is 3. The summed E-state index contributed by atoms with van der Waals surface area (Å²) in [4.78, 5) is 24.3. The van der Waals surface area contributed by atoms with Gasteiger partial charge >= 0.3 is 12.0 Å². The first-order chi connectivity index (χ1) is 9.79. The zero-order valence-corrected chi connectivity index (χ0v) is 12.8. The molecule has 0 spiro atoms. The highest BCUT2D eigenvalue weighted by molar-refractivity contribution is 6.42. The van der Waals surface area contributed by atoms with Crippen LogP contribution in [-0.2, 0) is 4.79 Å². The van der Waals surface area contributed by atoms with E-state index in [1.54, 1.807) is 0 Å². The first-order valence-electron chi connectivity index (χ1n) is 5.92. The quantitative estimate of drug-likeness (QED) is 0.762. The first kappa shape index (κ1) is 16.2. The highest BCUT2D eigenvalue weighted by atomic mass is 35.5. The molecule has 1 fully saturated rings. The second kappa shape index (κ2) is 6.27. The van der Waals surface area contributed by atoms with Crippen LogP contribution >= 0.6 is 34.8 Å². The highest BCUT2D eigenvalue weighted by Gasteiger charge is 2.39. The van der Waals surface area contributed by atoms with Crippen LogP contribution in [-0.4, -0.2) is 45.8 Å². The van der Waals surface area contributed by atoms with Gasteiger partial charge in [0.25, 0.3) is 0 Å². The number of aliphatic carboxylic acids is 1. The minimum Gasteiger partial charge on any atom is -0.480 e. The van der Waals surface area contributed by atoms with Crippen molar-refractivity contribution >= 4 is 52.5 Å². The van der Waals surface area contributed by atoms with Crippen LogP contribution in [0.15, 0.2) is 12.1 Å². The number of amides is 2. The van der Waals surface area contributed by atoms with Gasteiger partial charge in [0.2, 0.25) is 0 Å². The van der Waals surface area contributed by atoms with Crippen molar-refractivity contribution in [1.82, 2.24) is 4.90 Å². The number of β-amino-alcohol motifs (C(OH)–C–C–N with tert-alkyl or cyclic N) is 1. The predicted octanol–water partition coefficient (Wildman–Crippen LogP) is 2.70. The van der Waals surface area contributed by atoms with Crippen molar-refractivity contribution in [3.8, 4) is 0 Å². The van der Waals surface area contributed by atoms with Crippen molar-refractivity contribution in [3.63, 3.8) is 0 Å². The van der Waals surface area contributed by atoms with Gasteiger partial charge in [0, 0.05) is 18.0 Å². The van der Waals surface area contributed by atoms with Crippen LogP contribution in [0.2, 0.25) is 15.1 Å². The molecule has 1 aliphatic rings. The summed E-state index contributed by atoms with van der Waals surface area (Å²) in [5.74, 6) is -1.19. The third-order valence-electron chi connectivity index (χ3n) is 3.06. The molecule has 9 heteroatoms. The fraction of sp³-hybridized carbons (Fsp3) is 0.333. The maximum atomic E-state index is 12.2. The molecule has 114 valence electrons. The Morgan fingerprint density at radius 2 is 1.81 bits per heavy atom. The lowest BCUT2D eigenvalue weighted by atomic mass is 10.2. The van der Waals surface area contributed by atoms with Crippen LogP contribution in [0.4, 0.5) is 10.5 Å². The number of hydrogen-bond acceptors (Lipinski definition) is 3. The summed E-state index contributed by atoms with van der Waals surface area (Å²) >= 11 is 17.7. The number of nitrogens with one attached hydrogen (secondary N) is 1. The number of nitrogens with zero attached hydrogens (tertiary/aromatic N) is 1. The Morgan fingerprint density at radius 1 is 1.24 bits per heavy atom. The lowest BCUT2D eigenvalue weighted by Gasteiger charge is -2.22. The summed E-state index contributed by atoms with van der Waals surface area (Å²) in [6.07, 6.45) is -0.904. The summed E-state index contributed by atoms with van der Waals surface area (Å²) in [6.45, 7) is -0.0778. The number of carbonyl (C=O) groups excluding carboxylic acids is 1. The van der Waals surface area contributed by atoms with E-state index in [0.29, 0.717) is 5.02 Å². The maximum Gasteiger partial charge on any atom is 0.326 e. The molecule has 0 bridgehead atoms. The van der Waals surface area contributed by atoms with E-state index in [1.165, 1.54) is 12.1 Å². The van der Waals surface area contributed by atoms with Gasteiger partial charge in [0.1, 0.15) is 6.04 Å². The normalized spacial score (nSPS) is 21.4. The lowest BCUT2D eigenvalue weighted by molar-refractivity contribution is -0.141.